The van der Waals surface area contributed by atoms with Crippen LogP contribution in [0.3, 0.4) is 0 Å². The first-order chi connectivity index (χ1) is 13.8. The number of benzene rings is 3. The Balaban J connectivity index is 1.51. The lowest BCUT2D eigenvalue weighted by molar-refractivity contribution is 0.102. The average Bonchev–Trinajstić information content (AvgIpc) is 2.95. The van der Waals surface area contributed by atoms with Crippen molar-refractivity contribution in [2.24, 2.45) is 4.40 Å². The van der Waals surface area contributed by atoms with Crippen LogP contribution in [0.15, 0.2) is 76.0 Å². The molecule has 3 aromatic rings. The van der Waals surface area contributed by atoms with Gasteiger partial charge in [0.25, 0.3) is 15.9 Å². The number of nitrogens with one attached hydrogen (secondary N) is 2. The lowest BCUT2D eigenvalue weighted by Gasteiger charge is -2.09. The molecule has 0 aliphatic carbocycles. The quantitative estimate of drug-likeness (QED) is 0.684. The fourth-order valence-electron chi connectivity index (χ4n) is 2.82. The maximum atomic E-state index is 13.7. The molecule has 0 saturated heterocycles. The summed E-state index contributed by atoms with van der Waals surface area (Å²) >= 11 is 0. The van der Waals surface area contributed by atoms with Crippen LogP contribution in [0.5, 0.6) is 0 Å². The highest BCUT2D eigenvalue weighted by molar-refractivity contribution is 7.90. The molecule has 0 radical (unpaired) electrons. The molecule has 0 unspecified atom stereocenters. The lowest BCUT2D eigenvalue weighted by atomic mass is 10.1. The molecule has 0 bridgehead atoms. The predicted molar refractivity (Wildman–Crippen MR) is 105 cm³/mol. The Morgan fingerprint density at radius 3 is 2.38 bits per heavy atom. The molecule has 0 atom stereocenters. The van der Waals surface area contributed by atoms with Crippen molar-refractivity contribution in [1.82, 2.24) is 0 Å². The van der Waals surface area contributed by atoms with E-state index in [1.807, 2.05) is 0 Å². The number of carbonyl (C=O) groups excluding carboxylic acids is 1. The van der Waals surface area contributed by atoms with Crippen LogP contribution in [0.2, 0.25) is 0 Å². The molecular weight excluding hydrogens is 400 g/mol. The fourth-order valence-corrected chi connectivity index (χ4v) is 4.00. The van der Waals surface area contributed by atoms with E-state index in [1.165, 1.54) is 18.2 Å². The number of amides is 1. The molecule has 0 aromatic heterocycles. The third-order valence-corrected chi connectivity index (χ3v) is 5.56. The summed E-state index contributed by atoms with van der Waals surface area (Å²) in [6, 6.07) is 15.4. The second-order valence-corrected chi connectivity index (χ2v) is 7.76. The second kappa shape index (κ2) is 7.10. The van der Waals surface area contributed by atoms with Crippen molar-refractivity contribution in [3.8, 4) is 0 Å². The van der Waals surface area contributed by atoms with Crippen LogP contribution in [0.1, 0.15) is 15.9 Å². The maximum absolute atomic E-state index is 13.7. The summed E-state index contributed by atoms with van der Waals surface area (Å²) in [6.45, 7) is 0. The van der Waals surface area contributed by atoms with E-state index in [-0.39, 0.29) is 22.0 Å². The minimum atomic E-state index is -3.74. The van der Waals surface area contributed by atoms with Crippen LogP contribution in [-0.4, -0.2) is 20.2 Å². The zero-order chi connectivity index (χ0) is 20.6. The Bertz CT molecular complexity index is 1260. The van der Waals surface area contributed by atoms with E-state index < -0.39 is 27.6 Å². The number of nitrogens with zero attached hydrogens (tertiary/aromatic N) is 1. The summed E-state index contributed by atoms with van der Waals surface area (Å²) in [5.74, 6) is -2.01. The molecule has 1 aliphatic heterocycles. The number of hydrogen-bond acceptors (Lipinski definition) is 4. The zero-order valence-corrected chi connectivity index (χ0v) is 15.5. The van der Waals surface area contributed by atoms with Gasteiger partial charge in [-0.25, -0.2) is 8.78 Å². The number of carbonyl (C=O) groups is 1. The third kappa shape index (κ3) is 3.72. The van der Waals surface area contributed by atoms with E-state index in [1.54, 1.807) is 30.3 Å². The van der Waals surface area contributed by atoms with Crippen LogP contribution in [0, 0.1) is 11.6 Å². The minimum absolute atomic E-state index is 0.125. The van der Waals surface area contributed by atoms with Gasteiger partial charge in [-0.05, 0) is 48.5 Å². The van der Waals surface area contributed by atoms with Crippen molar-refractivity contribution in [3.05, 3.63) is 89.5 Å². The number of sulfonamides is 1. The van der Waals surface area contributed by atoms with Crippen molar-refractivity contribution in [1.29, 1.82) is 0 Å². The summed E-state index contributed by atoms with van der Waals surface area (Å²) in [4.78, 5) is 12.4. The van der Waals surface area contributed by atoms with Gasteiger partial charge in [0.2, 0.25) is 0 Å². The summed E-state index contributed by atoms with van der Waals surface area (Å²) in [6.07, 6.45) is 0. The minimum Gasteiger partial charge on any atom is -0.339 e. The number of hydrogen-bond donors (Lipinski definition) is 2. The Morgan fingerprint density at radius 1 is 0.931 bits per heavy atom. The first-order valence-corrected chi connectivity index (χ1v) is 9.85. The summed E-state index contributed by atoms with van der Waals surface area (Å²) in [5.41, 5.74) is 1.07. The van der Waals surface area contributed by atoms with Gasteiger partial charge >= 0.3 is 0 Å². The molecule has 2 N–H and O–H groups in total. The second-order valence-electron chi connectivity index (χ2n) is 6.19. The van der Waals surface area contributed by atoms with Gasteiger partial charge in [-0.3, -0.25) is 4.79 Å². The maximum Gasteiger partial charge on any atom is 0.285 e. The standard InChI is InChI=1S/C20H13F2N3O3S/c21-13-7-10-17(16(22)11-13)24-20(26)12-5-8-14(9-6-12)23-19-15-3-1-2-4-18(15)29(27,28)25-19/h1-11H,(H,23,25)(H,24,26). The highest BCUT2D eigenvalue weighted by atomic mass is 32.2. The van der Waals surface area contributed by atoms with Gasteiger partial charge in [0.15, 0.2) is 5.84 Å². The molecule has 6 nitrogen and oxygen atoms in total. The molecule has 9 heteroatoms. The van der Waals surface area contributed by atoms with E-state index in [0.29, 0.717) is 17.3 Å². The van der Waals surface area contributed by atoms with Crippen molar-refractivity contribution >= 4 is 33.1 Å². The van der Waals surface area contributed by atoms with Gasteiger partial charge in [-0.15, -0.1) is 4.40 Å². The SMILES string of the molecule is O=C(Nc1ccc(F)cc1F)c1ccc(NC2=NS(=O)(=O)c3ccccc32)cc1. The topological polar surface area (TPSA) is 87.6 Å². The van der Waals surface area contributed by atoms with Gasteiger partial charge in [0.1, 0.15) is 16.5 Å². The van der Waals surface area contributed by atoms with Crippen molar-refractivity contribution in [2.75, 3.05) is 10.6 Å². The van der Waals surface area contributed by atoms with Gasteiger partial charge in [0.05, 0.1) is 5.69 Å². The number of halogens is 2. The van der Waals surface area contributed by atoms with Crippen LogP contribution in [0.25, 0.3) is 0 Å². The van der Waals surface area contributed by atoms with Crippen molar-refractivity contribution in [3.63, 3.8) is 0 Å². The van der Waals surface area contributed by atoms with Crippen molar-refractivity contribution < 1.29 is 22.0 Å². The highest BCUT2D eigenvalue weighted by Crippen LogP contribution is 2.26. The molecule has 3 aromatic carbocycles. The molecule has 0 fully saturated rings. The largest absolute Gasteiger partial charge is 0.339 e. The smallest absolute Gasteiger partial charge is 0.285 e. The van der Waals surface area contributed by atoms with Gasteiger partial charge < -0.3 is 10.6 Å². The van der Waals surface area contributed by atoms with Crippen molar-refractivity contribution in [2.45, 2.75) is 4.90 Å². The number of anilines is 2. The fraction of sp³-hybridized carbons (Fsp3) is 0. The Hall–Kier alpha value is -3.59. The van der Waals surface area contributed by atoms with Crippen LogP contribution in [0.4, 0.5) is 20.2 Å². The van der Waals surface area contributed by atoms with Gasteiger partial charge in [-0.2, -0.15) is 8.42 Å². The molecule has 29 heavy (non-hydrogen) atoms. The predicted octanol–water partition coefficient (Wildman–Crippen LogP) is 3.78. The summed E-state index contributed by atoms with van der Waals surface area (Å²) in [7, 11) is -3.74. The normalized spacial score (nSPS) is 14.1. The molecule has 1 amide bonds. The van der Waals surface area contributed by atoms with E-state index in [4.69, 9.17) is 0 Å². The van der Waals surface area contributed by atoms with E-state index in [9.17, 15) is 22.0 Å². The first-order valence-electron chi connectivity index (χ1n) is 8.41. The van der Waals surface area contributed by atoms with Crippen LogP contribution < -0.4 is 10.6 Å². The molecule has 0 spiro atoms. The molecule has 146 valence electrons. The zero-order valence-electron chi connectivity index (χ0n) is 14.7. The molecule has 4 rings (SSSR count). The highest BCUT2D eigenvalue weighted by Gasteiger charge is 2.28. The Morgan fingerprint density at radius 2 is 1.66 bits per heavy atom. The van der Waals surface area contributed by atoms with E-state index >= 15 is 0 Å². The molecule has 0 saturated carbocycles. The monoisotopic (exact) mass is 413 g/mol. The van der Waals surface area contributed by atoms with Crippen LogP contribution in [-0.2, 0) is 10.0 Å². The molecular formula is C20H13F2N3O3S. The number of fused-ring (bicyclic) bond motifs is 1. The third-order valence-electron chi connectivity index (χ3n) is 4.22. The van der Waals surface area contributed by atoms with Crippen LogP contribution >= 0.6 is 0 Å². The number of amidine groups is 1. The Labute approximate surface area is 165 Å². The summed E-state index contributed by atoms with van der Waals surface area (Å²) in [5, 5.41) is 5.29. The first kappa shape index (κ1) is 18.8. The Kier molecular flexibility index (Phi) is 4.59. The average molecular weight is 413 g/mol. The van der Waals surface area contributed by atoms with Gasteiger partial charge in [-0.1, -0.05) is 12.1 Å². The van der Waals surface area contributed by atoms with E-state index in [2.05, 4.69) is 15.0 Å². The molecule has 1 aliphatic rings. The lowest BCUT2D eigenvalue weighted by Crippen LogP contribution is -2.14. The summed E-state index contributed by atoms with van der Waals surface area (Å²) < 4.78 is 54.5. The van der Waals surface area contributed by atoms with Gasteiger partial charge in [0, 0.05) is 22.9 Å². The number of rotatable bonds is 3. The molecule has 1 heterocycles. The van der Waals surface area contributed by atoms with E-state index in [0.717, 1.165) is 12.1 Å².